The summed E-state index contributed by atoms with van der Waals surface area (Å²) in [7, 11) is 1.68. The summed E-state index contributed by atoms with van der Waals surface area (Å²) in [4.78, 5) is 0. The van der Waals surface area contributed by atoms with E-state index in [1.165, 1.54) is 6.42 Å². The number of alkyl halides is 2. The largest absolute Gasteiger partial charge is 0.429 e. The number of rotatable bonds is 4. The molecular weight excluding hydrogens is 333 g/mol. The molecule has 0 bridgehead atoms. The van der Waals surface area contributed by atoms with Gasteiger partial charge in [-0.2, -0.15) is 8.78 Å². The Morgan fingerprint density at radius 2 is 1.77 bits per heavy atom. The maximum atomic E-state index is 13.7. The molecule has 0 amide bonds. The Morgan fingerprint density at radius 1 is 1.15 bits per heavy atom. The lowest BCUT2D eigenvalue weighted by Gasteiger charge is -2.39. The number of fused-ring (bicyclic) bond motifs is 2. The first-order valence-corrected chi connectivity index (χ1v) is 8.95. The summed E-state index contributed by atoms with van der Waals surface area (Å²) in [5.41, 5.74) is 2.25. The fraction of sp³-hybridized carbons (Fsp3) is 0.476. The maximum absolute atomic E-state index is 13.7. The fourth-order valence-electron chi connectivity index (χ4n) is 2.44. The minimum Gasteiger partial charge on any atom is -0.429 e. The number of halogens is 2. The third-order valence-corrected chi connectivity index (χ3v) is 5.05. The lowest BCUT2D eigenvalue weighted by atomic mass is 9.75. The van der Waals surface area contributed by atoms with Crippen LogP contribution in [0.25, 0.3) is 11.6 Å². The van der Waals surface area contributed by atoms with Gasteiger partial charge in [0.05, 0.1) is 11.2 Å². The van der Waals surface area contributed by atoms with Gasteiger partial charge in [0.1, 0.15) is 5.75 Å². The van der Waals surface area contributed by atoms with E-state index in [2.05, 4.69) is 27.4 Å². The van der Waals surface area contributed by atoms with Crippen LogP contribution in [0.1, 0.15) is 59.6 Å². The third kappa shape index (κ3) is 3.59. The summed E-state index contributed by atoms with van der Waals surface area (Å²) >= 11 is 0. The van der Waals surface area contributed by atoms with E-state index in [1.807, 2.05) is 27.7 Å². The molecule has 0 spiro atoms. The Hall–Kier alpha value is -1.62. The molecule has 0 aromatic heterocycles. The molecule has 140 valence electrons. The van der Waals surface area contributed by atoms with Crippen LogP contribution in [-0.4, -0.2) is 19.2 Å². The smallest absolute Gasteiger partial charge is 0.423 e. The lowest BCUT2D eigenvalue weighted by Crippen LogP contribution is -2.43. The number of benzene rings is 1. The van der Waals surface area contributed by atoms with Crippen LogP contribution in [0.3, 0.4) is 0 Å². The summed E-state index contributed by atoms with van der Waals surface area (Å²) in [5, 5.41) is 0. The van der Waals surface area contributed by atoms with Crippen LogP contribution in [0.4, 0.5) is 8.78 Å². The average molecular weight is 360 g/mol. The summed E-state index contributed by atoms with van der Waals surface area (Å²) in [6.07, 6.45) is -0.124. The van der Waals surface area contributed by atoms with E-state index < -0.39 is 6.11 Å². The molecule has 0 atom stereocenters. The van der Waals surface area contributed by atoms with Crippen LogP contribution in [0.5, 0.6) is 5.75 Å². The van der Waals surface area contributed by atoms with Gasteiger partial charge in [-0.05, 0) is 41.9 Å². The van der Waals surface area contributed by atoms with Crippen LogP contribution in [-0.2, 0) is 4.65 Å². The minimum absolute atomic E-state index is 0.0498. The first kappa shape index (κ1) is 20.7. The van der Waals surface area contributed by atoms with E-state index in [1.54, 1.807) is 25.7 Å². The van der Waals surface area contributed by atoms with Gasteiger partial charge >= 0.3 is 13.6 Å². The number of allylic oxidation sites excluding steroid dienone is 1. The van der Waals surface area contributed by atoms with E-state index in [0.717, 1.165) is 11.0 Å². The molecular formula is C21H27BF2O2. The normalized spacial score (nSPS) is 17.3. The van der Waals surface area contributed by atoms with Crippen molar-refractivity contribution in [2.45, 2.75) is 60.2 Å². The lowest BCUT2D eigenvalue weighted by molar-refractivity contribution is -0.137. The summed E-state index contributed by atoms with van der Waals surface area (Å²) in [6.45, 7) is 18.2. The Kier molecular flexibility index (Phi) is 5.45. The molecule has 2 aliphatic rings. The Labute approximate surface area is 156 Å². The fourth-order valence-corrected chi connectivity index (χ4v) is 2.44. The van der Waals surface area contributed by atoms with Crippen molar-refractivity contribution in [3.05, 3.63) is 41.8 Å². The summed E-state index contributed by atoms with van der Waals surface area (Å²) in [6, 6.07) is 3.28. The zero-order chi connectivity index (χ0) is 19.9. The number of hydrogen-bond donors (Lipinski definition) is 0. The number of hydrogen-bond acceptors (Lipinski definition) is 2. The van der Waals surface area contributed by atoms with Crippen molar-refractivity contribution in [2.24, 2.45) is 5.41 Å². The van der Waals surface area contributed by atoms with Gasteiger partial charge in [-0.1, -0.05) is 53.3 Å². The van der Waals surface area contributed by atoms with E-state index >= 15 is 0 Å². The van der Waals surface area contributed by atoms with E-state index in [0.29, 0.717) is 11.1 Å². The van der Waals surface area contributed by atoms with Crippen LogP contribution in [0.2, 0.25) is 0 Å². The van der Waals surface area contributed by atoms with Crippen molar-refractivity contribution in [1.29, 1.82) is 0 Å². The Bertz CT molecular complexity index is 743. The second-order valence-corrected chi connectivity index (χ2v) is 7.73. The predicted molar refractivity (Wildman–Crippen MR) is 105 cm³/mol. The van der Waals surface area contributed by atoms with Gasteiger partial charge in [-0.15, -0.1) is 0 Å². The zero-order valence-electron chi connectivity index (χ0n) is 16.7. The van der Waals surface area contributed by atoms with E-state index in [4.69, 9.17) is 9.39 Å². The van der Waals surface area contributed by atoms with Gasteiger partial charge in [-0.3, -0.25) is 0 Å². The highest BCUT2D eigenvalue weighted by molar-refractivity contribution is 6.48. The first-order chi connectivity index (χ1) is 12.0. The van der Waals surface area contributed by atoms with Crippen molar-refractivity contribution in [3.63, 3.8) is 0 Å². The Balaban J connectivity index is 0.00000117. The zero-order valence-corrected chi connectivity index (χ0v) is 16.7. The van der Waals surface area contributed by atoms with Crippen molar-refractivity contribution >= 4 is 24.6 Å². The monoisotopic (exact) mass is 360 g/mol. The molecule has 3 rings (SSSR count). The first-order valence-electron chi connectivity index (χ1n) is 8.95. The molecule has 0 N–H and O–H groups in total. The molecule has 0 saturated carbocycles. The second kappa shape index (κ2) is 6.84. The molecule has 0 fully saturated rings. The molecule has 0 saturated heterocycles. The van der Waals surface area contributed by atoms with E-state index in [9.17, 15) is 8.78 Å². The van der Waals surface area contributed by atoms with Crippen LogP contribution >= 0.6 is 0 Å². The Morgan fingerprint density at radius 3 is 2.31 bits per heavy atom. The summed E-state index contributed by atoms with van der Waals surface area (Å²) < 4.78 is 38.3. The topological polar surface area (TPSA) is 18.5 Å². The molecule has 5 heteroatoms. The molecule has 1 aliphatic carbocycles. The quantitative estimate of drug-likeness (QED) is 0.670. The van der Waals surface area contributed by atoms with Crippen LogP contribution in [0, 0.1) is 11.8 Å². The molecule has 1 aromatic rings. The summed E-state index contributed by atoms with van der Waals surface area (Å²) in [5.74, 6) is 0.176. The molecule has 0 unspecified atom stereocenters. The third-order valence-electron chi connectivity index (χ3n) is 5.05. The van der Waals surface area contributed by atoms with Crippen LogP contribution < -0.4 is 10.2 Å². The van der Waals surface area contributed by atoms with Gasteiger partial charge < -0.3 is 9.39 Å². The van der Waals surface area contributed by atoms with Gasteiger partial charge in [0.25, 0.3) is 0 Å². The standard InChI is InChI=1S/C19H21BF2O2.C2H6/c1-7-11-14(20-24-18(5,6)17(2,3)4)8-9-15-16(11)12-10-13(12)19(21,22)23-15;1-2/h7-10H,1H2,2-6H3;1-2H3. The van der Waals surface area contributed by atoms with Gasteiger partial charge in [0.2, 0.25) is 0 Å². The highest BCUT2D eigenvalue weighted by Crippen LogP contribution is 2.55. The molecule has 1 aromatic carbocycles. The molecule has 26 heavy (non-hydrogen) atoms. The van der Waals surface area contributed by atoms with Crippen LogP contribution in [0.15, 0.2) is 24.3 Å². The highest BCUT2D eigenvalue weighted by atomic mass is 19.3. The molecule has 2 nitrogen and oxygen atoms in total. The van der Waals surface area contributed by atoms with Crippen molar-refractivity contribution in [3.8, 4) is 5.75 Å². The number of ether oxygens (including phenoxy) is 1. The van der Waals surface area contributed by atoms with Crippen molar-refractivity contribution in [1.82, 2.24) is 0 Å². The van der Waals surface area contributed by atoms with Gasteiger partial charge in [0.15, 0.2) is 0 Å². The predicted octanol–water partition coefficient (Wildman–Crippen LogP) is 5.40. The van der Waals surface area contributed by atoms with E-state index in [-0.39, 0.29) is 22.3 Å². The van der Waals surface area contributed by atoms with Gasteiger partial charge in [0, 0.05) is 12.0 Å². The van der Waals surface area contributed by atoms with Crippen molar-refractivity contribution < 1.29 is 18.2 Å². The highest BCUT2D eigenvalue weighted by Gasteiger charge is 2.52. The maximum Gasteiger partial charge on any atom is 0.423 e. The minimum atomic E-state index is -3.24. The molecule has 1 aliphatic heterocycles. The molecule has 2 radical (unpaired) electrons. The SMILES string of the molecule is C=Cc1c([B]OC(C)(C)C(C)(C)C)ccc2c1C1=C([CH]1)C(F)(F)O2.CC. The van der Waals surface area contributed by atoms with Crippen molar-refractivity contribution in [2.75, 3.05) is 0 Å². The molecule has 1 heterocycles. The second-order valence-electron chi connectivity index (χ2n) is 7.73. The van der Waals surface area contributed by atoms with Gasteiger partial charge in [-0.25, -0.2) is 0 Å². The average Bonchev–Trinajstić information content (AvgIpc) is 3.35.